The van der Waals surface area contributed by atoms with E-state index in [0.29, 0.717) is 12.3 Å². The summed E-state index contributed by atoms with van der Waals surface area (Å²) in [6.07, 6.45) is 1.46. The van der Waals surface area contributed by atoms with Crippen molar-refractivity contribution in [3.05, 3.63) is 59.9 Å². The van der Waals surface area contributed by atoms with Crippen molar-refractivity contribution in [2.45, 2.75) is 30.1 Å². The van der Waals surface area contributed by atoms with Crippen molar-refractivity contribution in [3.8, 4) is 0 Å². The maximum Gasteiger partial charge on any atom is 0.316 e. The molecule has 7 heteroatoms. The average molecular weight is 363 g/mol. The van der Waals surface area contributed by atoms with Gasteiger partial charge in [-0.25, -0.2) is 12.8 Å². The molecule has 0 aliphatic heterocycles. The fraction of sp³-hybridized carbons (Fsp3) is 0.278. The number of rotatable bonds is 6. The summed E-state index contributed by atoms with van der Waals surface area (Å²) in [6, 6.07) is 11.3. The number of benzene rings is 2. The van der Waals surface area contributed by atoms with E-state index in [1.54, 1.807) is 31.2 Å². The minimum absolute atomic E-state index is 0.0248. The second kappa shape index (κ2) is 6.48. The van der Waals surface area contributed by atoms with Gasteiger partial charge in [0.25, 0.3) is 10.0 Å². The van der Waals surface area contributed by atoms with Crippen molar-refractivity contribution >= 4 is 21.7 Å². The van der Waals surface area contributed by atoms with Crippen molar-refractivity contribution in [1.29, 1.82) is 0 Å². The Hall–Kier alpha value is -2.41. The fourth-order valence-corrected chi connectivity index (χ4v) is 3.75. The molecule has 1 aliphatic rings. The van der Waals surface area contributed by atoms with Crippen LogP contribution in [0.5, 0.6) is 0 Å². The van der Waals surface area contributed by atoms with E-state index in [4.69, 9.17) is 4.74 Å². The van der Waals surface area contributed by atoms with Crippen LogP contribution in [0.25, 0.3) is 0 Å². The van der Waals surface area contributed by atoms with E-state index >= 15 is 0 Å². The van der Waals surface area contributed by atoms with E-state index in [2.05, 4.69) is 4.72 Å². The molecule has 0 heterocycles. The van der Waals surface area contributed by atoms with E-state index in [1.165, 1.54) is 12.1 Å². The Morgan fingerprint density at radius 1 is 1.12 bits per heavy atom. The summed E-state index contributed by atoms with van der Waals surface area (Å²) in [5.74, 6) is -0.744. The first-order valence-electron chi connectivity index (χ1n) is 7.93. The molecule has 0 aromatic heterocycles. The Labute approximate surface area is 145 Å². The van der Waals surface area contributed by atoms with E-state index < -0.39 is 21.3 Å². The molecule has 0 saturated heterocycles. The number of nitrogens with one attached hydrogen (secondary N) is 1. The summed E-state index contributed by atoms with van der Waals surface area (Å²) in [5.41, 5.74) is 0.591. The molecule has 1 fully saturated rings. The Bertz CT molecular complexity index is 872. The van der Waals surface area contributed by atoms with Gasteiger partial charge in [0, 0.05) is 5.69 Å². The van der Waals surface area contributed by atoms with Crippen molar-refractivity contribution < 1.29 is 22.3 Å². The van der Waals surface area contributed by atoms with Gasteiger partial charge >= 0.3 is 5.97 Å². The number of anilines is 1. The van der Waals surface area contributed by atoms with Gasteiger partial charge in [-0.2, -0.15) is 0 Å². The Balaban J connectivity index is 1.77. The van der Waals surface area contributed by atoms with Crippen LogP contribution in [0, 0.1) is 5.82 Å². The first kappa shape index (κ1) is 17.4. The summed E-state index contributed by atoms with van der Waals surface area (Å²) >= 11 is 0. The number of carbonyl (C=O) groups excluding carboxylic acids is 1. The minimum atomic E-state index is -3.80. The summed E-state index contributed by atoms with van der Waals surface area (Å²) in [7, 11) is -3.80. The third-order valence-corrected chi connectivity index (χ3v) is 5.63. The van der Waals surface area contributed by atoms with Crippen LogP contribution in [0.1, 0.15) is 25.3 Å². The first-order valence-corrected chi connectivity index (χ1v) is 9.42. The zero-order valence-electron chi connectivity index (χ0n) is 13.7. The van der Waals surface area contributed by atoms with Crippen LogP contribution in [0.4, 0.5) is 10.1 Å². The van der Waals surface area contributed by atoms with Crippen LogP contribution < -0.4 is 4.72 Å². The quantitative estimate of drug-likeness (QED) is 0.800. The lowest BCUT2D eigenvalue weighted by atomic mass is 9.96. The van der Waals surface area contributed by atoms with Gasteiger partial charge < -0.3 is 4.74 Å². The highest BCUT2D eigenvalue weighted by Gasteiger charge is 2.52. The summed E-state index contributed by atoms with van der Waals surface area (Å²) < 4.78 is 45.1. The van der Waals surface area contributed by atoms with Gasteiger partial charge in [0.15, 0.2) is 0 Å². The summed E-state index contributed by atoms with van der Waals surface area (Å²) in [6.45, 7) is 2.09. The van der Waals surface area contributed by atoms with Gasteiger partial charge in [0.1, 0.15) is 5.82 Å². The third kappa shape index (κ3) is 3.51. The van der Waals surface area contributed by atoms with Crippen LogP contribution in [-0.4, -0.2) is 21.0 Å². The van der Waals surface area contributed by atoms with Crippen LogP contribution in [-0.2, 0) is 25.0 Å². The zero-order valence-corrected chi connectivity index (χ0v) is 14.5. The van der Waals surface area contributed by atoms with E-state index in [1.807, 2.05) is 0 Å². The maximum atomic E-state index is 12.9. The molecule has 5 nitrogen and oxygen atoms in total. The minimum Gasteiger partial charge on any atom is -0.465 e. The summed E-state index contributed by atoms with van der Waals surface area (Å²) in [4.78, 5) is 12.1. The first-order chi connectivity index (χ1) is 11.9. The smallest absolute Gasteiger partial charge is 0.316 e. The normalized spacial score (nSPS) is 15.4. The third-order valence-electron chi connectivity index (χ3n) is 4.23. The molecule has 0 amide bonds. The Kier molecular flexibility index (Phi) is 4.51. The molecular formula is C18H18FNO4S. The van der Waals surface area contributed by atoms with Crippen LogP contribution >= 0.6 is 0 Å². The molecule has 0 unspecified atom stereocenters. The van der Waals surface area contributed by atoms with E-state index in [9.17, 15) is 17.6 Å². The van der Waals surface area contributed by atoms with Gasteiger partial charge in [-0.1, -0.05) is 12.1 Å². The van der Waals surface area contributed by atoms with Gasteiger partial charge in [0.05, 0.1) is 16.9 Å². The molecule has 132 valence electrons. The highest BCUT2D eigenvalue weighted by atomic mass is 32.2. The van der Waals surface area contributed by atoms with Crippen molar-refractivity contribution in [2.75, 3.05) is 11.3 Å². The lowest BCUT2D eigenvalue weighted by Crippen LogP contribution is -2.23. The molecule has 0 atom stereocenters. The van der Waals surface area contributed by atoms with Crippen LogP contribution in [0.3, 0.4) is 0 Å². The standard InChI is InChI=1S/C18H18FNO4S/c1-2-24-17(21)18(11-12-18)13-3-7-15(8-4-13)20-25(22,23)16-9-5-14(19)6-10-16/h3-10,20H,2,11-12H2,1H3. The zero-order chi connectivity index (χ0) is 18.1. The maximum absolute atomic E-state index is 12.9. The lowest BCUT2D eigenvalue weighted by Gasteiger charge is -2.15. The fourth-order valence-electron chi connectivity index (χ4n) is 2.69. The van der Waals surface area contributed by atoms with Crippen LogP contribution in [0.2, 0.25) is 0 Å². The van der Waals surface area contributed by atoms with Gasteiger partial charge in [0.2, 0.25) is 0 Å². The second-order valence-corrected chi connectivity index (χ2v) is 7.62. The molecule has 1 aliphatic carbocycles. The highest BCUT2D eigenvalue weighted by molar-refractivity contribution is 7.92. The van der Waals surface area contributed by atoms with E-state index in [0.717, 1.165) is 30.5 Å². The number of ether oxygens (including phenoxy) is 1. The van der Waals surface area contributed by atoms with Crippen LogP contribution in [0.15, 0.2) is 53.4 Å². The van der Waals surface area contributed by atoms with Gasteiger partial charge in [-0.15, -0.1) is 0 Å². The number of esters is 1. The summed E-state index contributed by atoms with van der Waals surface area (Å²) in [5, 5.41) is 0. The van der Waals surface area contributed by atoms with Crippen molar-refractivity contribution in [1.82, 2.24) is 0 Å². The number of carbonyl (C=O) groups is 1. The Morgan fingerprint density at radius 3 is 2.24 bits per heavy atom. The SMILES string of the molecule is CCOC(=O)C1(c2ccc(NS(=O)(=O)c3ccc(F)cc3)cc2)CC1. The molecule has 25 heavy (non-hydrogen) atoms. The number of halogens is 1. The molecular weight excluding hydrogens is 345 g/mol. The lowest BCUT2D eigenvalue weighted by molar-refractivity contribution is -0.146. The molecule has 0 spiro atoms. The largest absolute Gasteiger partial charge is 0.465 e. The molecule has 2 aromatic carbocycles. The number of hydrogen-bond acceptors (Lipinski definition) is 4. The second-order valence-electron chi connectivity index (χ2n) is 5.94. The highest BCUT2D eigenvalue weighted by Crippen LogP contribution is 2.49. The molecule has 2 aromatic rings. The monoisotopic (exact) mass is 363 g/mol. The molecule has 0 bridgehead atoms. The average Bonchev–Trinajstić information content (AvgIpc) is 3.38. The van der Waals surface area contributed by atoms with E-state index in [-0.39, 0.29) is 10.9 Å². The van der Waals surface area contributed by atoms with Crippen molar-refractivity contribution in [2.24, 2.45) is 0 Å². The predicted octanol–water partition coefficient (Wildman–Crippen LogP) is 3.22. The molecule has 1 N–H and O–H groups in total. The predicted molar refractivity (Wildman–Crippen MR) is 91.2 cm³/mol. The molecule has 3 rings (SSSR count). The number of hydrogen-bond donors (Lipinski definition) is 1. The van der Waals surface area contributed by atoms with Gasteiger partial charge in [-0.05, 0) is 61.7 Å². The number of sulfonamides is 1. The Morgan fingerprint density at radius 2 is 1.72 bits per heavy atom. The molecule has 0 radical (unpaired) electrons. The molecule has 1 saturated carbocycles. The van der Waals surface area contributed by atoms with Gasteiger partial charge in [-0.3, -0.25) is 9.52 Å². The van der Waals surface area contributed by atoms with Crippen molar-refractivity contribution in [3.63, 3.8) is 0 Å². The topological polar surface area (TPSA) is 72.5 Å².